The number of ether oxygens (including phenoxy) is 1. The Morgan fingerprint density at radius 2 is 2.44 bits per heavy atom. The highest BCUT2D eigenvalue weighted by Crippen LogP contribution is 2.03. The Balaban J connectivity index is 2.17. The summed E-state index contributed by atoms with van der Waals surface area (Å²) in [6.45, 7) is 6.12. The molecule has 0 aliphatic carbocycles. The van der Waals surface area contributed by atoms with E-state index in [1.165, 1.54) is 0 Å². The van der Waals surface area contributed by atoms with Crippen molar-refractivity contribution in [3.05, 3.63) is 0 Å². The molecular formula is C11H23N3O2. The number of carbonyl (C=O) groups excluding carboxylic acids is 1. The maximum Gasteiger partial charge on any atom is 0.234 e. The standard InChI is InChI=1S/C11H23N3O2/c1-2-3-4-13-11(15)9-14-5-6-16-10(7-12)8-14/h10H,2-9,12H2,1H3,(H,13,15). The van der Waals surface area contributed by atoms with Crippen molar-refractivity contribution in [2.45, 2.75) is 25.9 Å². The van der Waals surface area contributed by atoms with Gasteiger partial charge >= 0.3 is 0 Å². The summed E-state index contributed by atoms with van der Waals surface area (Å²) in [5.74, 6) is 0.103. The minimum atomic E-state index is 0.0807. The molecular weight excluding hydrogens is 206 g/mol. The topological polar surface area (TPSA) is 67.6 Å². The molecule has 1 saturated heterocycles. The van der Waals surface area contributed by atoms with Gasteiger partial charge in [-0.25, -0.2) is 0 Å². The molecule has 1 heterocycles. The number of nitrogens with one attached hydrogen (secondary N) is 1. The molecule has 94 valence electrons. The van der Waals surface area contributed by atoms with Crippen LogP contribution in [0, 0.1) is 0 Å². The summed E-state index contributed by atoms with van der Waals surface area (Å²) >= 11 is 0. The van der Waals surface area contributed by atoms with Gasteiger partial charge in [-0.3, -0.25) is 9.69 Å². The molecule has 0 radical (unpaired) electrons. The zero-order chi connectivity index (χ0) is 11.8. The molecule has 0 aromatic rings. The van der Waals surface area contributed by atoms with E-state index in [9.17, 15) is 4.79 Å². The SMILES string of the molecule is CCCCNC(=O)CN1CCOC(CN)C1. The predicted octanol–water partition coefficient (Wildman–Crippen LogP) is -0.438. The number of rotatable bonds is 6. The number of unbranched alkanes of at least 4 members (excludes halogenated alkanes) is 1. The van der Waals surface area contributed by atoms with Crippen LogP contribution in [0.4, 0.5) is 0 Å². The van der Waals surface area contributed by atoms with Gasteiger partial charge in [0.25, 0.3) is 0 Å². The summed E-state index contributed by atoms with van der Waals surface area (Å²) in [5, 5.41) is 2.91. The lowest BCUT2D eigenvalue weighted by molar-refractivity contribution is -0.124. The third-order valence-electron chi connectivity index (χ3n) is 2.71. The molecule has 1 aliphatic rings. The van der Waals surface area contributed by atoms with Crippen LogP contribution in [-0.2, 0) is 9.53 Å². The molecule has 0 spiro atoms. The van der Waals surface area contributed by atoms with Gasteiger partial charge in [-0.15, -0.1) is 0 Å². The Morgan fingerprint density at radius 3 is 3.12 bits per heavy atom. The van der Waals surface area contributed by atoms with Gasteiger partial charge < -0.3 is 15.8 Å². The van der Waals surface area contributed by atoms with Crippen LogP contribution in [0.3, 0.4) is 0 Å². The van der Waals surface area contributed by atoms with E-state index in [0.717, 1.165) is 32.5 Å². The van der Waals surface area contributed by atoms with Gasteiger partial charge in [-0.2, -0.15) is 0 Å². The number of hydrogen-bond donors (Lipinski definition) is 2. The number of nitrogens with two attached hydrogens (primary N) is 1. The van der Waals surface area contributed by atoms with Crippen LogP contribution in [0.15, 0.2) is 0 Å². The first-order valence-electron chi connectivity index (χ1n) is 6.07. The lowest BCUT2D eigenvalue weighted by atomic mass is 10.2. The molecule has 0 saturated carbocycles. The van der Waals surface area contributed by atoms with Crippen LogP contribution in [0.5, 0.6) is 0 Å². The second-order valence-corrected chi connectivity index (χ2v) is 4.17. The van der Waals surface area contributed by atoms with Gasteiger partial charge in [-0.05, 0) is 6.42 Å². The third kappa shape index (κ3) is 4.92. The Morgan fingerprint density at radius 1 is 1.62 bits per heavy atom. The van der Waals surface area contributed by atoms with E-state index in [1.807, 2.05) is 0 Å². The molecule has 1 rings (SSSR count). The second kappa shape index (κ2) is 7.60. The van der Waals surface area contributed by atoms with Crippen LogP contribution in [0.25, 0.3) is 0 Å². The van der Waals surface area contributed by atoms with Crippen molar-refractivity contribution in [1.29, 1.82) is 0 Å². The van der Waals surface area contributed by atoms with Crippen LogP contribution >= 0.6 is 0 Å². The largest absolute Gasteiger partial charge is 0.374 e. The quantitative estimate of drug-likeness (QED) is 0.606. The average molecular weight is 229 g/mol. The van der Waals surface area contributed by atoms with Gasteiger partial charge in [0.2, 0.25) is 5.91 Å². The summed E-state index contributed by atoms with van der Waals surface area (Å²) in [4.78, 5) is 13.7. The first-order valence-corrected chi connectivity index (χ1v) is 6.07. The normalized spacial score (nSPS) is 22.0. The molecule has 16 heavy (non-hydrogen) atoms. The smallest absolute Gasteiger partial charge is 0.234 e. The van der Waals surface area contributed by atoms with E-state index in [1.54, 1.807) is 0 Å². The fourth-order valence-corrected chi connectivity index (χ4v) is 1.73. The van der Waals surface area contributed by atoms with Gasteiger partial charge in [-0.1, -0.05) is 13.3 Å². The van der Waals surface area contributed by atoms with Crippen molar-refractivity contribution in [2.24, 2.45) is 5.73 Å². The molecule has 1 unspecified atom stereocenters. The number of morpholine rings is 1. The van der Waals surface area contributed by atoms with Crippen molar-refractivity contribution in [1.82, 2.24) is 10.2 Å². The zero-order valence-corrected chi connectivity index (χ0v) is 10.1. The van der Waals surface area contributed by atoms with Crippen LogP contribution in [0.1, 0.15) is 19.8 Å². The third-order valence-corrected chi connectivity index (χ3v) is 2.71. The van der Waals surface area contributed by atoms with Crippen molar-refractivity contribution in [2.75, 3.05) is 39.3 Å². The van der Waals surface area contributed by atoms with E-state index in [2.05, 4.69) is 17.1 Å². The van der Waals surface area contributed by atoms with E-state index < -0.39 is 0 Å². The first kappa shape index (κ1) is 13.4. The van der Waals surface area contributed by atoms with Crippen LogP contribution in [0.2, 0.25) is 0 Å². The Kier molecular flexibility index (Phi) is 6.37. The summed E-state index contributed by atoms with van der Waals surface area (Å²) in [5.41, 5.74) is 5.54. The molecule has 0 aromatic heterocycles. The Hall–Kier alpha value is -0.650. The summed E-state index contributed by atoms with van der Waals surface area (Å²) < 4.78 is 5.44. The van der Waals surface area contributed by atoms with Gasteiger partial charge in [0.05, 0.1) is 19.3 Å². The maximum atomic E-state index is 11.6. The Bertz CT molecular complexity index is 211. The minimum absolute atomic E-state index is 0.0807. The van der Waals surface area contributed by atoms with E-state index in [0.29, 0.717) is 19.7 Å². The maximum absolute atomic E-state index is 11.6. The molecule has 1 fully saturated rings. The number of amides is 1. The predicted molar refractivity (Wildman–Crippen MR) is 63.2 cm³/mol. The fourth-order valence-electron chi connectivity index (χ4n) is 1.73. The highest BCUT2D eigenvalue weighted by molar-refractivity contribution is 5.77. The molecule has 3 N–H and O–H groups in total. The van der Waals surface area contributed by atoms with E-state index >= 15 is 0 Å². The highest BCUT2D eigenvalue weighted by atomic mass is 16.5. The molecule has 1 atom stereocenters. The first-order chi connectivity index (χ1) is 7.76. The van der Waals surface area contributed by atoms with Crippen molar-refractivity contribution < 1.29 is 9.53 Å². The zero-order valence-electron chi connectivity index (χ0n) is 10.1. The van der Waals surface area contributed by atoms with Crippen molar-refractivity contribution >= 4 is 5.91 Å². The average Bonchev–Trinajstić information content (AvgIpc) is 2.29. The molecule has 1 amide bonds. The molecule has 5 nitrogen and oxygen atoms in total. The number of nitrogens with zero attached hydrogens (tertiary/aromatic N) is 1. The summed E-state index contributed by atoms with van der Waals surface area (Å²) in [6.07, 6.45) is 2.23. The lowest BCUT2D eigenvalue weighted by Crippen LogP contribution is -2.49. The van der Waals surface area contributed by atoms with Gasteiger partial charge in [0.15, 0.2) is 0 Å². The fraction of sp³-hybridized carbons (Fsp3) is 0.909. The molecule has 0 aromatic carbocycles. The molecule has 5 heteroatoms. The van der Waals surface area contributed by atoms with Crippen molar-refractivity contribution in [3.8, 4) is 0 Å². The van der Waals surface area contributed by atoms with E-state index in [-0.39, 0.29) is 12.0 Å². The monoisotopic (exact) mass is 229 g/mol. The summed E-state index contributed by atoms with van der Waals surface area (Å²) in [7, 11) is 0. The van der Waals surface area contributed by atoms with E-state index in [4.69, 9.17) is 10.5 Å². The Labute approximate surface area is 97.3 Å². The highest BCUT2D eigenvalue weighted by Gasteiger charge is 2.20. The van der Waals surface area contributed by atoms with Crippen LogP contribution < -0.4 is 11.1 Å². The number of carbonyl (C=O) groups is 1. The molecule has 0 bridgehead atoms. The van der Waals surface area contributed by atoms with Crippen molar-refractivity contribution in [3.63, 3.8) is 0 Å². The summed E-state index contributed by atoms with van der Waals surface area (Å²) in [6, 6.07) is 0. The minimum Gasteiger partial charge on any atom is -0.374 e. The molecule has 1 aliphatic heterocycles. The van der Waals surface area contributed by atoms with Gasteiger partial charge in [0, 0.05) is 26.2 Å². The van der Waals surface area contributed by atoms with Gasteiger partial charge in [0.1, 0.15) is 0 Å². The van der Waals surface area contributed by atoms with Crippen LogP contribution in [-0.4, -0.2) is 56.2 Å². The number of hydrogen-bond acceptors (Lipinski definition) is 4. The second-order valence-electron chi connectivity index (χ2n) is 4.17. The lowest BCUT2D eigenvalue weighted by Gasteiger charge is -2.31.